The molecule has 6 nitrogen and oxygen atoms in total. The predicted molar refractivity (Wildman–Crippen MR) is 260 cm³/mol. The van der Waals surface area contributed by atoms with Crippen LogP contribution in [0, 0.1) is 0 Å². The Hall–Kier alpha value is -3.93. The van der Waals surface area contributed by atoms with E-state index in [0.717, 1.165) is 64.2 Å². The molecule has 0 aliphatic heterocycles. The highest BCUT2D eigenvalue weighted by atomic mass is 16.6. The van der Waals surface area contributed by atoms with Gasteiger partial charge in [0.15, 0.2) is 6.10 Å². The SMILES string of the molecule is CC\C=C/C=C\C=C/C=C\C=C/CCCC(=O)OC(COC(=O)CCC/C=C\C/C=C\C/C=C\CCCCCCCC)COC(=O)CCCCC/C=C\CCCCCCCC. The first-order valence-electron chi connectivity index (χ1n) is 24.5. The van der Waals surface area contributed by atoms with Gasteiger partial charge in [-0.2, -0.15) is 0 Å². The van der Waals surface area contributed by atoms with Crippen LogP contribution in [-0.4, -0.2) is 37.2 Å². The van der Waals surface area contributed by atoms with Gasteiger partial charge < -0.3 is 14.2 Å². The Morgan fingerprint density at radius 3 is 1.23 bits per heavy atom. The molecular formula is C55H88O6. The lowest BCUT2D eigenvalue weighted by Gasteiger charge is -2.18. The van der Waals surface area contributed by atoms with Crippen molar-refractivity contribution in [2.24, 2.45) is 0 Å². The van der Waals surface area contributed by atoms with Crippen LogP contribution in [-0.2, 0) is 28.6 Å². The van der Waals surface area contributed by atoms with Crippen molar-refractivity contribution in [1.82, 2.24) is 0 Å². The molecule has 0 saturated heterocycles. The van der Waals surface area contributed by atoms with Crippen LogP contribution in [0.1, 0.15) is 201 Å². The van der Waals surface area contributed by atoms with Crippen LogP contribution in [0.3, 0.4) is 0 Å². The van der Waals surface area contributed by atoms with Gasteiger partial charge in [-0.25, -0.2) is 0 Å². The fraction of sp³-hybridized carbons (Fsp3) is 0.618. The molecule has 0 aromatic carbocycles. The minimum absolute atomic E-state index is 0.132. The second kappa shape index (κ2) is 48.7. The summed E-state index contributed by atoms with van der Waals surface area (Å²) in [6.07, 6.45) is 65.2. The minimum atomic E-state index is -0.842. The van der Waals surface area contributed by atoms with Crippen molar-refractivity contribution in [1.29, 1.82) is 0 Å². The molecule has 0 rings (SSSR count). The monoisotopic (exact) mass is 845 g/mol. The standard InChI is InChI=1S/C55H88O6/c1-4-7-10-13-16-19-22-25-26-27-28-31-33-36-39-42-45-48-54(57)60-51-52(61-55(58)49-46-43-40-37-34-30-24-21-18-15-12-9-6-3)50-59-53(56)47-44-41-38-35-32-29-23-20-17-14-11-8-5-2/h9,12,15,18,21,24-26,28-32,34,36-37,39-40,52H,4-8,10-11,13-14,16-17,19-20,22-23,27,33,35,38,41-51H2,1-3H3/b12-9-,18-15-,24-21-,26-25-,31-28-,32-29-,34-30-,39-36-,40-37-. The number of carbonyl (C=O) groups is 3. The third-order valence-electron chi connectivity index (χ3n) is 9.86. The smallest absolute Gasteiger partial charge is 0.306 e. The largest absolute Gasteiger partial charge is 0.462 e. The van der Waals surface area contributed by atoms with E-state index in [-0.39, 0.29) is 38.0 Å². The first kappa shape index (κ1) is 57.1. The van der Waals surface area contributed by atoms with E-state index in [1.54, 1.807) is 0 Å². The molecule has 0 saturated carbocycles. The first-order valence-corrected chi connectivity index (χ1v) is 24.5. The fourth-order valence-electron chi connectivity index (χ4n) is 6.19. The Morgan fingerprint density at radius 1 is 0.361 bits per heavy atom. The van der Waals surface area contributed by atoms with Crippen LogP contribution in [0.2, 0.25) is 0 Å². The van der Waals surface area contributed by atoms with E-state index in [0.29, 0.717) is 19.3 Å². The van der Waals surface area contributed by atoms with Crippen LogP contribution in [0.15, 0.2) is 109 Å². The normalized spacial score (nSPS) is 13.0. The number of allylic oxidation sites excluding steroid dienone is 18. The van der Waals surface area contributed by atoms with Gasteiger partial charge in [0.2, 0.25) is 0 Å². The van der Waals surface area contributed by atoms with E-state index in [2.05, 4.69) is 75.5 Å². The van der Waals surface area contributed by atoms with Crippen molar-refractivity contribution >= 4 is 17.9 Å². The molecule has 344 valence electrons. The molecule has 0 N–H and O–H groups in total. The summed E-state index contributed by atoms with van der Waals surface area (Å²) in [7, 11) is 0. The van der Waals surface area contributed by atoms with E-state index in [1.165, 1.54) is 83.5 Å². The molecule has 0 aliphatic carbocycles. The van der Waals surface area contributed by atoms with E-state index >= 15 is 0 Å². The number of ether oxygens (including phenoxy) is 3. The Kier molecular flexibility index (Phi) is 45.6. The van der Waals surface area contributed by atoms with Crippen LogP contribution < -0.4 is 0 Å². The van der Waals surface area contributed by atoms with Gasteiger partial charge in [-0.3, -0.25) is 14.4 Å². The molecule has 6 heteroatoms. The number of esters is 3. The molecule has 0 spiro atoms. The van der Waals surface area contributed by atoms with Gasteiger partial charge >= 0.3 is 17.9 Å². The topological polar surface area (TPSA) is 78.9 Å². The van der Waals surface area contributed by atoms with Crippen molar-refractivity contribution in [2.75, 3.05) is 13.2 Å². The maximum Gasteiger partial charge on any atom is 0.306 e. The second-order valence-corrected chi connectivity index (χ2v) is 15.8. The summed E-state index contributed by atoms with van der Waals surface area (Å²) in [4.78, 5) is 37.8. The zero-order valence-electron chi connectivity index (χ0n) is 39.1. The average Bonchev–Trinajstić information content (AvgIpc) is 3.26. The van der Waals surface area contributed by atoms with Gasteiger partial charge in [0.25, 0.3) is 0 Å². The van der Waals surface area contributed by atoms with Crippen LogP contribution >= 0.6 is 0 Å². The average molecular weight is 845 g/mol. The van der Waals surface area contributed by atoms with E-state index in [9.17, 15) is 14.4 Å². The number of rotatable bonds is 42. The van der Waals surface area contributed by atoms with Gasteiger partial charge in [-0.1, -0.05) is 201 Å². The molecule has 0 aromatic rings. The van der Waals surface area contributed by atoms with Crippen molar-refractivity contribution in [3.63, 3.8) is 0 Å². The molecule has 1 unspecified atom stereocenters. The zero-order valence-corrected chi connectivity index (χ0v) is 39.1. The number of hydrogen-bond acceptors (Lipinski definition) is 6. The van der Waals surface area contributed by atoms with Crippen LogP contribution in [0.5, 0.6) is 0 Å². The van der Waals surface area contributed by atoms with Gasteiger partial charge in [0.1, 0.15) is 13.2 Å². The molecule has 0 amide bonds. The molecule has 1 atom stereocenters. The Balaban J connectivity index is 4.59. The lowest BCUT2D eigenvalue weighted by atomic mass is 10.1. The summed E-state index contributed by atoms with van der Waals surface area (Å²) in [5.74, 6) is -1.09. The van der Waals surface area contributed by atoms with E-state index in [4.69, 9.17) is 14.2 Å². The van der Waals surface area contributed by atoms with E-state index < -0.39 is 12.1 Å². The third kappa shape index (κ3) is 47.0. The van der Waals surface area contributed by atoms with Crippen LogP contribution in [0.25, 0.3) is 0 Å². The number of carbonyl (C=O) groups excluding carboxylic acids is 3. The maximum atomic E-state index is 12.7. The molecule has 0 radical (unpaired) electrons. The molecule has 0 aromatic heterocycles. The van der Waals surface area contributed by atoms with Crippen molar-refractivity contribution in [3.8, 4) is 0 Å². The summed E-state index contributed by atoms with van der Waals surface area (Å²) in [6, 6.07) is 0. The van der Waals surface area contributed by atoms with Gasteiger partial charge in [0.05, 0.1) is 0 Å². The molecule has 61 heavy (non-hydrogen) atoms. The molecular weight excluding hydrogens is 757 g/mol. The van der Waals surface area contributed by atoms with Crippen LogP contribution in [0.4, 0.5) is 0 Å². The lowest BCUT2D eigenvalue weighted by Crippen LogP contribution is -2.30. The maximum absolute atomic E-state index is 12.7. The highest BCUT2D eigenvalue weighted by molar-refractivity contribution is 5.71. The zero-order chi connectivity index (χ0) is 44.4. The molecule has 0 bridgehead atoms. The quantitative estimate of drug-likeness (QED) is 0.0200. The van der Waals surface area contributed by atoms with Gasteiger partial charge in [0, 0.05) is 19.3 Å². The van der Waals surface area contributed by atoms with E-state index in [1.807, 2.05) is 54.7 Å². The Bertz CT molecular complexity index is 1290. The highest BCUT2D eigenvalue weighted by Crippen LogP contribution is 2.11. The van der Waals surface area contributed by atoms with Crippen molar-refractivity contribution in [2.45, 2.75) is 207 Å². The van der Waals surface area contributed by atoms with Gasteiger partial charge in [-0.15, -0.1) is 0 Å². The Labute approximate surface area is 374 Å². The Morgan fingerprint density at radius 2 is 0.721 bits per heavy atom. The molecule has 0 heterocycles. The van der Waals surface area contributed by atoms with Crippen molar-refractivity contribution < 1.29 is 28.6 Å². The predicted octanol–water partition coefficient (Wildman–Crippen LogP) is 16.0. The number of unbranched alkanes of at least 4 members (excludes halogenated alkanes) is 17. The minimum Gasteiger partial charge on any atom is -0.462 e. The fourth-order valence-corrected chi connectivity index (χ4v) is 6.19. The lowest BCUT2D eigenvalue weighted by molar-refractivity contribution is -0.167. The summed E-state index contributed by atoms with van der Waals surface area (Å²) in [5.41, 5.74) is 0. The summed E-state index contributed by atoms with van der Waals surface area (Å²) in [5, 5.41) is 0. The molecule has 0 aliphatic rings. The second-order valence-electron chi connectivity index (χ2n) is 15.8. The molecule has 0 fully saturated rings. The number of hydrogen-bond donors (Lipinski definition) is 0. The van der Waals surface area contributed by atoms with Crippen molar-refractivity contribution in [3.05, 3.63) is 109 Å². The summed E-state index contributed by atoms with van der Waals surface area (Å²) >= 11 is 0. The first-order chi connectivity index (χ1) is 30.0. The third-order valence-corrected chi connectivity index (χ3v) is 9.86. The summed E-state index contributed by atoms with van der Waals surface area (Å²) in [6.45, 7) is 6.33. The van der Waals surface area contributed by atoms with Gasteiger partial charge in [-0.05, 0) is 89.9 Å². The summed E-state index contributed by atoms with van der Waals surface area (Å²) < 4.78 is 16.6. The highest BCUT2D eigenvalue weighted by Gasteiger charge is 2.19.